The summed E-state index contributed by atoms with van der Waals surface area (Å²) in [5.41, 5.74) is 0.0531. The molecule has 6 heteroatoms. The molecule has 0 aliphatic carbocycles. The highest BCUT2D eigenvalue weighted by Gasteiger charge is 2.21. The fourth-order valence-electron chi connectivity index (χ4n) is 1.71. The molecule has 0 unspecified atom stereocenters. The van der Waals surface area contributed by atoms with E-state index in [1.807, 2.05) is 13.8 Å². The van der Waals surface area contributed by atoms with E-state index in [2.05, 4.69) is 5.32 Å². The van der Waals surface area contributed by atoms with Crippen molar-refractivity contribution in [1.29, 1.82) is 0 Å². The van der Waals surface area contributed by atoms with E-state index in [0.29, 0.717) is 5.69 Å². The Hall–Kier alpha value is -2.24. The van der Waals surface area contributed by atoms with E-state index < -0.39 is 11.7 Å². The first-order valence-electron chi connectivity index (χ1n) is 7.57. The number of anilines is 1. The Balaban J connectivity index is 2.51. The second-order valence-corrected chi connectivity index (χ2v) is 6.58. The maximum absolute atomic E-state index is 12.0. The van der Waals surface area contributed by atoms with E-state index in [0.717, 1.165) is 5.75 Å². The highest BCUT2D eigenvalue weighted by atomic mass is 16.6. The smallest absolute Gasteiger partial charge is 0.410 e. The Kier molecular flexibility index (Phi) is 6.42. The van der Waals surface area contributed by atoms with E-state index in [4.69, 9.17) is 9.47 Å². The van der Waals surface area contributed by atoms with Gasteiger partial charge in [0, 0.05) is 12.7 Å². The number of rotatable bonds is 5. The maximum Gasteiger partial charge on any atom is 0.410 e. The van der Waals surface area contributed by atoms with Gasteiger partial charge in [-0.2, -0.15) is 0 Å². The number of nitrogens with one attached hydrogen (secondary N) is 1. The van der Waals surface area contributed by atoms with Crippen LogP contribution in [0.4, 0.5) is 10.5 Å². The largest absolute Gasteiger partial charge is 0.491 e. The van der Waals surface area contributed by atoms with Crippen molar-refractivity contribution in [3.8, 4) is 5.75 Å². The molecular formula is C17H26N2O4. The van der Waals surface area contributed by atoms with Gasteiger partial charge in [-0.3, -0.25) is 4.79 Å². The molecule has 1 N–H and O–H groups in total. The number of likely N-dealkylation sites (N-methyl/N-ethyl adjacent to an activating group) is 1. The zero-order chi connectivity index (χ0) is 17.6. The molecule has 0 saturated heterocycles. The van der Waals surface area contributed by atoms with Gasteiger partial charge >= 0.3 is 6.09 Å². The summed E-state index contributed by atoms with van der Waals surface area (Å²) in [5.74, 6) is 0.444. The fraction of sp³-hybridized carbons (Fsp3) is 0.529. The molecule has 0 fully saturated rings. The van der Waals surface area contributed by atoms with E-state index >= 15 is 0 Å². The van der Waals surface area contributed by atoms with E-state index in [9.17, 15) is 9.59 Å². The summed E-state index contributed by atoms with van der Waals surface area (Å²) >= 11 is 0. The molecule has 23 heavy (non-hydrogen) atoms. The molecule has 2 amide bonds. The van der Waals surface area contributed by atoms with Crippen LogP contribution in [0.2, 0.25) is 0 Å². The summed E-state index contributed by atoms with van der Waals surface area (Å²) in [6.07, 6.45) is -0.439. The van der Waals surface area contributed by atoms with Crippen LogP contribution in [0.15, 0.2) is 24.3 Å². The van der Waals surface area contributed by atoms with Gasteiger partial charge < -0.3 is 19.7 Å². The molecular weight excluding hydrogens is 296 g/mol. The summed E-state index contributed by atoms with van der Waals surface area (Å²) in [6, 6.07) is 7.08. The number of nitrogens with zero attached hydrogens (tertiary/aromatic N) is 1. The standard InChI is InChI=1S/C17H26N2O4/c1-12(2)22-14-9-7-13(8-10-14)18-15(20)11-19(6)16(21)23-17(3,4)5/h7-10,12H,11H2,1-6H3,(H,18,20). The van der Waals surface area contributed by atoms with Crippen molar-refractivity contribution in [2.75, 3.05) is 18.9 Å². The third-order valence-corrected chi connectivity index (χ3v) is 2.60. The number of carbonyl (C=O) groups is 2. The van der Waals surface area contributed by atoms with Crippen LogP contribution in [0.5, 0.6) is 5.75 Å². The first-order valence-corrected chi connectivity index (χ1v) is 7.57. The van der Waals surface area contributed by atoms with Crippen LogP contribution in [0, 0.1) is 0 Å². The molecule has 0 heterocycles. The molecule has 1 rings (SSSR count). The van der Waals surface area contributed by atoms with Crippen LogP contribution in [0.1, 0.15) is 34.6 Å². The summed E-state index contributed by atoms with van der Waals surface area (Å²) in [6.45, 7) is 9.14. The average Bonchev–Trinajstić information content (AvgIpc) is 2.38. The molecule has 0 aromatic heterocycles. The molecule has 6 nitrogen and oxygen atoms in total. The Morgan fingerprint density at radius 2 is 1.74 bits per heavy atom. The zero-order valence-electron chi connectivity index (χ0n) is 14.7. The Morgan fingerprint density at radius 3 is 2.22 bits per heavy atom. The van der Waals surface area contributed by atoms with Crippen LogP contribution in [-0.2, 0) is 9.53 Å². The van der Waals surface area contributed by atoms with E-state index in [1.165, 1.54) is 11.9 Å². The molecule has 1 aromatic rings. The number of hydrogen-bond donors (Lipinski definition) is 1. The van der Waals surface area contributed by atoms with Gasteiger partial charge in [-0.1, -0.05) is 0 Å². The number of amides is 2. The predicted octanol–water partition coefficient (Wildman–Crippen LogP) is 3.28. The molecule has 0 aliphatic rings. The highest BCUT2D eigenvalue weighted by Crippen LogP contribution is 2.17. The lowest BCUT2D eigenvalue weighted by Crippen LogP contribution is -2.38. The summed E-state index contributed by atoms with van der Waals surface area (Å²) in [7, 11) is 1.52. The van der Waals surface area contributed by atoms with Crippen molar-refractivity contribution < 1.29 is 19.1 Å². The van der Waals surface area contributed by atoms with Crippen LogP contribution in [0.3, 0.4) is 0 Å². The molecule has 1 aromatic carbocycles. The Bertz CT molecular complexity index is 533. The third kappa shape index (κ3) is 7.54. The van der Waals surface area contributed by atoms with Crippen molar-refractivity contribution in [2.45, 2.75) is 46.3 Å². The van der Waals surface area contributed by atoms with E-state index in [-0.39, 0.29) is 18.6 Å². The van der Waals surface area contributed by atoms with Gasteiger partial charge in [-0.05, 0) is 58.9 Å². The third-order valence-electron chi connectivity index (χ3n) is 2.60. The lowest BCUT2D eigenvalue weighted by Gasteiger charge is -2.24. The van der Waals surface area contributed by atoms with Crippen molar-refractivity contribution in [3.05, 3.63) is 24.3 Å². The minimum atomic E-state index is -0.589. The van der Waals surface area contributed by atoms with Crippen LogP contribution < -0.4 is 10.1 Å². The quantitative estimate of drug-likeness (QED) is 0.903. The van der Waals surface area contributed by atoms with Crippen LogP contribution in [0.25, 0.3) is 0 Å². The molecule has 0 radical (unpaired) electrons. The summed E-state index contributed by atoms with van der Waals surface area (Å²) in [4.78, 5) is 25.0. The molecule has 0 saturated carbocycles. The predicted molar refractivity (Wildman–Crippen MR) is 89.7 cm³/mol. The Labute approximate surface area is 137 Å². The second-order valence-electron chi connectivity index (χ2n) is 6.58. The van der Waals surface area contributed by atoms with E-state index in [1.54, 1.807) is 45.0 Å². The second kappa shape index (κ2) is 7.85. The first-order chi connectivity index (χ1) is 10.6. The minimum absolute atomic E-state index is 0.0842. The number of hydrogen-bond acceptors (Lipinski definition) is 4. The van der Waals surface area contributed by atoms with Gasteiger partial charge in [-0.15, -0.1) is 0 Å². The lowest BCUT2D eigenvalue weighted by atomic mass is 10.2. The molecule has 0 aliphatic heterocycles. The van der Waals surface area contributed by atoms with Gasteiger partial charge in [0.25, 0.3) is 0 Å². The maximum atomic E-state index is 12.0. The Morgan fingerprint density at radius 1 is 1.17 bits per heavy atom. The highest BCUT2D eigenvalue weighted by molar-refractivity contribution is 5.93. The number of ether oxygens (including phenoxy) is 2. The van der Waals surface area contributed by atoms with Crippen molar-refractivity contribution in [2.24, 2.45) is 0 Å². The molecule has 0 bridgehead atoms. The molecule has 0 atom stereocenters. The summed E-state index contributed by atoms with van der Waals surface area (Å²) in [5, 5.41) is 2.73. The van der Waals surface area contributed by atoms with Crippen LogP contribution >= 0.6 is 0 Å². The topological polar surface area (TPSA) is 67.9 Å². The minimum Gasteiger partial charge on any atom is -0.491 e. The average molecular weight is 322 g/mol. The van der Waals surface area contributed by atoms with Gasteiger partial charge in [0.15, 0.2) is 0 Å². The van der Waals surface area contributed by atoms with Gasteiger partial charge in [0.05, 0.1) is 6.10 Å². The summed E-state index contributed by atoms with van der Waals surface area (Å²) < 4.78 is 10.7. The lowest BCUT2D eigenvalue weighted by molar-refractivity contribution is -0.117. The van der Waals surface area contributed by atoms with Gasteiger partial charge in [-0.25, -0.2) is 4.79 Å². The van der Waals surface area contributed by atoms with Crippen molar-refractivity contribution in [1.82, 2.24) is 4.90 Å². The first kappa shape index (κ1) is 18.8. The molecule has 128 valence electrons. The fourth-order valence-corrected chi connectivity index (χ4v) is 1.71. The monoisotopic (exact) mass is 322 g/mol. The normalized spacial score (nSPS) is 11.1. The zero-order valence-corrected chi connectivity index (χ0v) is 14.7. The van der Waals surface area contributed by atoms with Crippen LogP contribution in [-0.4, -0.2) is 42.2 Å². The van der Waals surface area contributed by atoms with Crippen molar-refractivity contribution in [3.63, 3.8) is 0 Å². The number of carbonyl (C=O) groups excluding carboxylic acids is 2. The van der Waals surface area contributed by atoms with Gasteiger partial charge in [0.2, 0.25) is 5.91 Å². The SMILES string of the molecule is CC(C)Oc1ccc(NC(=O)CN(C)C(=O)OC(C)(C)C)cc1. The van der Waals surface area contributed by atoms with Crippen molar-refractivity contribution >= 4 is 17.7 Å². The van der Waals surface area contributed by atoms with Gasteiger partial charge in [0.1, 0.15) is 17.9 Å². The number of benzene rings is 1. The molecule has 0 spiro atoms.